The Labute approximate surface area is 92.0 Å². The molecule has 1 aromatic heterocycles. The lowest BCUT2D eigenvalue weighted by atomic mass is 10.8. The molecule has 0 radical (unpaired) electrons. The third-order valence-electron chi connectivity index (χ3n) is 1.34. The minimum Gasteiger partial charge on any atom is -1.00 e. The lowest BCUT2D eigenvalue weighted by Crippen LogP contribution is -3.00. The summed E-state index contributed by atoms with van der Waals surface area (Å²) in [6.45, 7) is 0. The Hall–Kier alpha value is -0.110. The third-order valence-corrected chi connectivity index (χ3v) is 2.06. The molecule has 0 fully saturated rings. The molecule has 0 atom stereocenters. The van der Waals surface area contributed by atoms with E-state index in [1.54, 1.807) is 14.1 Å². The van der Waals surface area contributed by atoms with Crippen molar-refractivity contribution in [3.63, 3.8) is 0 Å². The molecule has 0 saturated heterocycles. The Morgan fingerprint density at radius 3 is 2.75 bits per heavy atom. The van der Waals surface area contributed by atoms with Crippen molar-refractivity contribution in [3.8, 4) is 0 Å². The minimum absolute atomic E-state index is 0. The fourth-order valence-electron chi connectivity index (χ4n) is 0.749. The second-order valence-corrected chi connectivity index (χ2v) is 2.96. The van der Waals surface area contributed by atoms with E-state index in [4.69, 9.17) is 0 Å². The van der Waals surface area contributed by atoms with Crippen LogP contribution in [0.25, 0.3) is 0 Å². The molecule has 0 aromatic carbocycles. The number of aryl methyl sites for hydroxylation is 1. The van der Waals surface area contributed by atoms with Crippen molar-refractivity contribution in [3.05, 3.63) is 16.6 Å². The molecule has 0 spiro atoms. The maximum Gasteiger partial charge on any atom is 0.319 e. The molecule has 1 heterocycles. The van der Waals surface area contributed by atoms with Gasteiger partial charge in [0.15, 0.2) is 7.05 Å². The molecule has 4 nitrogen and oxygen atoms in total. The van der Waals surface area contributed by atoms with E-state index >= 15 is 0 Å². The summed E-state index contributed by atoms with van der Waals surface area (Å²) in [5.41, 5.74) is -0.0353. The molecule has 0 unspecified atom stereocenters. The van der Waals surface area contributed by atoms with E-state index in [1.807, 2.05) is 6.26 Å². The minimum atomic E-state index is -0.0353. The zero-order valence-corrected chi connectivity index (χ0v) is 10.1. The molecule has 1 aromatic rings. The monoisotopic (exact) mass is 299 g/mol. The van der Waals surface area contributed by atoms with Crippen LogP contribution in [0.5, 0.6) is 0 Å². The first-order chi connectivity index (χ1) is 5.15. The van der Waals surface area contributed by atoms with Gasteiger partial charge in [0.1, 0.15) is 0 Å². The molecule has 0 aliphatic rings. The summed E-state index contributed by atoms with van der Waals surface area (Å²) in [5.74, 6) is 0. The zero-order chi connectivity index (χ0) is 8.43. The van der Waals surface area contributed by atoms with Crippen molar-refractivity contribution in [2.45, 2.75) is 5.16 Å². The summed E-state index contributed by atoms with van der Waals surface area (Å²) in [7, 11) is 3.45. The van der Waals surface area contributed by atoms with Crippen LogP contribution in [0.2, 0.25) is 0 Å². The van der Waals surface area contributed by atoms with Gasteiger partial charge < -0.3 is 24.0 Å². The zero-order valence-electron chi connectivity index (χ0n) is 7.11. The number of nitrogens with zero attached hydrogens (tertiary/aromatic N) is 3. The van der Waals surface area contributed by atoms with Crippen molar-refractivity contribution in [1.82, 2.24) is 9.67 Å². The van der Waals surface area contributed by atoms with Gasteiger partial charge in [0, 0.05) is 12.1 Å². The summed E-state index contributed by atoms with van der Waals surface area (Å²) in [5, 5.41) is 4.82. The number of hydrogen-bond donors (Lipinski definition) is 0. The fraction of sp³-hybridized carbons (Fsp3) is 0.500. The van der Waals surface area contributed by atoms with Crippen LogP contribution in [0.15, 0.2) is 16.1 Å². The Balaban J connectivity index is 0.00000121. The summed E-state index contributed by atoms with van der Waals surface area (Å²) >= 11 is 1.45. The first kappa shape index (κ1) is 11.9. The van der Waals surface area contributed by atoms with Crippen LogP contribution in [0.4, 0.5) is 0 Å². The highest BCUT2D eigenvalue weighted by molar-refractivity contribution is 7.98. The number of aromatic nitrogens is 3. The van der Waals surface area contributed by atoms with Gasteiger partial charge in [0.2, 0.25) is 5.16 Å². The normalized spacial score (nSPS) is 9.25. The van der Waals surface area contributed by atoms with E-state index in [9.17, 15) is 4.79 Å². The lowest BCUT2D eigenvalue weighted by molar-refractivity contribution is -0.736. The smallest absolute Gasteiger partial charge is 0.319 e. The molecule has 1 rings (SSSR count). The van der Waals surface area contributed by atoms with E-state index in [2.05, 4.69) is 5.10 Å². The van der Waals surface area contributed by atoms with Gasteiger partial charge >= 0.3 is 5.56 Å². The van der Waals surface area contributed by atoms with Crippen LogP contribution < -0.4 is 34.2 Å². The highest BCUT2D eigenvalue weighted by atomic mass is 127. The largest absolute Gasteiger partial charge is 1.00 e. The molecule has 0 N–H and O–H groups in total. The average Bonchev–Trinajstić information content (AvgIpc) is 1.96. The second-order valence-electron chi connectivity index (χ2n) is 2.19. The van der Waals surface area contributed by atoms with Crippen LogP contribution in [0, 0.1) is 0 Å². The molecule has 6 heteroatoms. The van der Waals surface area contributed by atoms with Crippen molar-refractivity contribution in [2.75, 3.05) is 6.26 Å². The van der Waals surface area contributed by atoms with Crippen LogP contribution in [0.3, 0.4) is 0 Å². The number of thioether (sulfide) groups is 1. The Bertz CT molecular complexity index is 325. The highest BCUT2D eigenvalue weighted by Crippen LogP contribution is 2.03. The maximum absolute atomic E-state index is 11.1. The van der Waals surface area contributed by atoms with Gasteiger partial charge in [0.05, 0.1) is 0 Å². The van der Waals surface area contributed by atoms with E-state index < -0.39 is 0 Å². The molecular weight excluding hydrogens is 289 g/mol. The van der Waals surface area contributed by atoms with Crippen molar-refractivity contribution in [2.24, 2.45) is 14.1 Å². The number of rotatable bonds is 1. The SMILES string of the molecule is CSc1n[n+](C)cc(=O)n1C.[I-]. The molecule has 0 aliphatic heterocycles. The predicted octanol–water partition coefficient (Wildman–Crippen LogP) is -3.67. The first-order valence-electron chi connectivity index (χ1n) is 3.13. The average molecular weight is 299 g/mol. The Kier molecular flexibility index (Phi) is 4.76. The van der Waals surface area contributed by atoms with E-state index in [0.29, 0.717) is 0 Å². The molecule has 12 heavy (non-hydrogen) atoms. The summed E-state index contributed by atoms with van der Waals surface area (Å²) < 4.78 is 3.04. The van der Waals surface area contributed by atoms with Crippen LogP contribution >= 0.6 is 11.8 Å². The second kappa shape index (κ2) is 4.80. The van der Waals surface area contributed by atoms with Gasteiger partial charge in [-0.3, -0.25) is 9.36 Å². The summed E-state index contributed by atoms with van der Waals surface area (Å²) in [4.78, 5) is 11.1. The molecular formula is C6H10IN3OS. The molecule has 0 bridgehead atoms. The molecule has 0 saturated carbocycles. The van der Waals surface area contributed by atoms with E-state index in [-0.39, 0.29) is 29.5 Å². The van der Waals surface area contributed by atoms with Gasteiger partial charge in [-0.15, -0.1) is 0 Å². The van der Waals surface area contributed by atoms with E-state index in [1.165, 1.54) is 27.2 Å². The highest BCUT2D eigenvalue weighted by Gasteiger charge is 2.06. The number of hydrogen-bond acceptors (Lipinski definition) is 3. The van der Waals surface area contributed by atoms with Gasteiger partial charge in [-0.1, -0.05) is 16.4 Å². The Morgan fingerprint density at radius 1 is 1.67 bits per heavy atom. The summed E-state index contributed by atoms with van der Waals surface area (Å²) in [6, 6.07) is 0. The Morgan fingerprint density at radius 2 is 2.25 bits per heavy atom. The van der Waals surface area contributed by atoms with Gasteiger partial charge in [-0.25, -0.2) is 0 Å². The quantitative estimate of drug-likeness (QED) is 0.305. The van der Waals surface area contributed by atoms with Crippen LogP contribution in [-0.2, 0) is 14.1 Å². The molecule has 0 aliphatic carbocycles. The number of halogens is 1. The van der Waals surface area contributed by atoms with Crippen molar-refractivity contribution < 1.29 is 28.7 Å². The predicted molar refractivity (Wildman–Crippen MR) is 42.4 cm³/mol. The lowest BCUT2D eigenvalue weighted by Gasteiger charge is -1.97. The maximum atomic E-state index is 11.1. The third kappa shape index (κ3) is 2.44. The van der Waals surface area contributed by atoms with Gasteiger partial charge in [-0.05, 0) is 6.26 Å². The van der Waals surface area contributed by atoms with Crippen molar-refractivity contribution >= 4 is 11.8 Å². The van der Waals surface area contributed by atoms with Crippen LogP contribution in [0.1, 0.15) is 0 Å². The molecule has 68 valence electrons. The van der Waals surface area contributed by atoms with Crippen LogP contribution in [-0.4, -0.2) is 15.9 Å². The standard InChI is InChI=1S/C6H10N3OS.HI/c1-8-4-5(10)9(2)6(7-8)11-3;/h4H,1-3H3;1H/q+1;/p-1. The van der Waals surface area contributed by atoms with Crippen molar-refractivity contribution in [1.29, 1.82) is 0 Å². The van der Waals surface area contributed by atoms with E-state index in [0.717, 1.165) is 5.16 Å². The summed E-state index contributed by atoms with van der Waals surface area (Å²) in [6.07, 6.45) is 3.33. The van der Waals surface area contributed by atoms with Gasteiger partial charge in [0.25, 0.3) is 6.20 Å². The first-order valence-corrected chi connectivity index (χ1v) is 4.35. The van der Waals surface area contributed by atoms with Gasteiger partial charge in [-0.2, -0.15) is 0 Å². The fourth-order valence-corrected chi connectivity index (χ4v) is 1.32. The molecule has 0 amide bonds. The topological polar surface area (TPSA) is 38.8 Å².